The summed E-state index contributed by atoms with van der Waals surface area (Å²) < 4.78 is 9.92. The number of esters is 1. The Balaban J connectivity index is 1.66. The van der Waals surface area contributed by atoms with Gasteiger partial charge in [-0.3, -0.25) is 0 Å². The minimum atomic E-state index is -0.351. The largest absolute Gasteiger partial charge is 0.467 e. The standard InChI is InChI=1S/C14H21NO3/c1-17-14(16)12-8-13(18-10-12)9-15-7-6-11-4-2-3-5-11/h8,10-11,15H,2-7,9H2,1H3. The molecule has 1 fully saturated rings. The van der Waals surface area contributed by atoms with Crippen molar-refractivity contribution in [2.24, 2.45) is 5.92 Å². The number of furan rings is 1. The van der Waals surface area contributed by atoms with Crippen molar-refractivity contribution in [2.75, 3.05) is 13.7 Å². The highest BCUT2D eigenvalue weighted by Crippen LogP contribution is 2.26. The van der Waals surface area contributed by atoms with E-state index in [4.69, 9.17) is 4.42 Å². The molecule has 0 aliphatic heterocycles. The second-order valence-electron chi connectivity index (χ2n) is 4.91. The first-order valence-corrected chi connectivity index (χ1v) is 6.66. The second kappa shape index (κ2) is 6.59. The Morgan fingerprint density at radius 2 is 2.28 bits per heavy atom. The molecule has 4 nitrogen and oxygen atoms in total. The number of nitrogens with one attached hydrogen (secondary N) is 1. The number of methoxy groups -OCH3 is 1. The lowest BCUT2D eigenvalue weighted by Gasteiger charge is -2.08. The Bertz CT molecular complexity index is 380. The zero-order valence-corrected chi connectivity index (χ0v) is 10.9. The van der Waals surface area contributed by atoms with Crippen LogP contribution in [0.3, 0.4) is 0 Å². The molecule has 0 radical (unpaired) electrons. The van der Waals surface area contributed by atoms with Crippen LogP contribution in [0.5, 0.6) is 0 Å². The normalized spacial score (nSPS) is 16.1. The van der Waals surface area contributed by atoms with Crippen molar-refractivity contribution in [3.05, 3.63) is 23.7 Å². The molecule has 0 spiro atoms. The maximum atomic E-state index is 11.2. The van der Waals surface area contributed by atoms with Gasteiger partial charge in [0.25, 0.3) is 0 Å². The Kier molecular flexibility index (Phi) is 4.81. The van der Waals surface area contributed by atoms with Crippen LogP contribution in [0.1, 0.15) is 48.2 Å². The summed E-state index contributed by atoms with van der Waals surface area (Å²) >= 11 is 0. The lowest BCUT2D eigenvalue weighted by molar-refractivity contribution is 0.0600. The van der Waals surface area contributed by atoms with Crippen LogP contribution >= 0.6 is 0 Å². The van der Waals surface area contributed by atoms with Crippen LogP contribution in [-0.2, 0) is 11.3 Å². The summed E-state index contributed by atoms with van der Waals surface area (Å²) in [5.74, 6) is 1.33. The molecule has 1 aromatic rings. The van der Waals surface area contributed by atoms with Gasteiger partial charge in [0.2, 0.25) is 0 Å². The first-order chi connectivity index (χ1) is 8.79. The van der Waals surface area contributed by atoms with Crippen molar-refractivity contribution >= 4 is 5.97 Å². The van der Waals surface area contributed by atoms with Gasteiger partial charge in [0.15, 0.2) is 0 Å². The van der Waals surface area contributed by atoms with Gasteiger partial charge in [-0.25, -0.2) is 4.79 Å². The maximum Gasteiger partial charge on any atom is 0.341 e. The van der Waals surface area contributed by atoms with Gasteiger partial charge in [-0.1, -0.05) is 25.7 Å². The molecule has 0 unspecified atom stereocenters. The monoisotopic (exact) mass is 251 g/mol. The minimum Gasteiger partial charge on any atom is -0.467 e. The van der Waals surface area contributed by atoms with E-state index in [1.165, 1.54) is 45.5 Å². The first-order valence-electron chi connectivity index (χ1n) is 6.66. The quantitative estimate of drug-likeness (QED) is 0.624. The summed E-state index contributed by atoms with van der Waals surface area (Å²) in [4.78, 5) is 11.2. The molecule has 2 rings (SSSR count). The van der Waals surface area contributed by atoms with Crippen LogP contribution in [0.15, 0.2) is 16.7 Å². The Hall–Kier alpha value is -1.29. The van der Waals surface area contributed by atoms with Gasteiger partial charge in [-0.15, -0.1) is 0 Å². The number of hydrogen-bond acceptors (Lipinski definition) is 4. The van der Waals surface area contributed by atoms with Crippen LogP contribution in [0.25, 0.3) is 0 Å². The smallest absolute Gasteiger partial charge is 0.341 e. The fourth-order valence-electron chi connectivity index (χ4n) is 2.52. The number of ether oxygens (including phenoxy) is 1. The van der Waals surface area contributed by atoms with E-state index in [-0.39, 0.29) is 5.97 Å². The van der Waals surface area contributed by atoms with Gasteiger partial charge in [-0.2, -0.15) is 0 Å². The Morgan fingerprint density at radius 1 is 1.50 bits per heavy atom. The summed E-state index contributed by atoms with van der Waals surface area (Å²) in [6.07, 6.45) is 8.24. The van der Waals surface area contributed by atoms with Crippen molar-refractivity contribution in [1.29, 1.82) is 0 Å². The fourth-order valence-corrected chi connectivity index (χ4v) is 2.52. The summed E-state index contributed by atoms with van der Waals surface area (Å²) in [5, 5.41) is 3.35. The van der Waals surface area contributed by atoms with Gasteiger partial charge in [0.1, 0.15) is 12.0 Å². The predicted octanol–water partition coefficient (Wildman–Crippen LogP) is 2.74. The number of hydrogen-bond donors (Lipinski definition) is 1. The molecular weight excluding hydrogens is 230 g/mol. The minimum absolute atomic E-state index is 0.351. The first kappa shape index (κ1) is 13.1. The lowest BCUT2D eigenvalue weighted by atomic mass is 10.0. The van der Waals surface area contributed by atoms with Crippen LogP contribution in [0.4, 0.5) is 0 Å². The van der Waals surface area contributed by atoms with E-state index >= 15 is 0 Å². The zero-order chi connectivity index (χ0) is 12.8. The lowest BCUT2D eigenvalue weighted by Crippen LogP contribution is -2.16. The van der Waals surface area contributed by atoms with Crippen LogP contribution in [0, 0.1) is 5.92 Å². The predicted molar refractivity (Wildman–Crippen MR) is 68.3 cm³/mol. The van der Waals surface area contributed by atoms with Gasteiger partial charge in [0, 0.05) is 0 Å². The third kappa shape index (κ3) is 3.60. The van der Waals surface area contributed by atoms with E-state index in [0.29, 0.717) is 12.1 Å². The Morgan fingerprint density at radius 3 is 3.00 bits per heavy atom. The molecular formula is C14H21NO3. The highest BCUT2D eigenvalue weighted by molar-refractivity contribution is 5.88. The van der Waals surface area contributed by atoms with Crippen molar-refractivity contribution in [2.45, 2.75) is 38.6 Å². The summed E-state index contributed by atoms with van der Waals surface area (Å²) in [5.41, 5.74) is 0.477. The molecule has 1 saturated carbocycles. The average Bonchev–Trinajstić information content (AvgIpc) is 3.05. The topological polar surface area (TPSA) is 51.5 Å². The van der Waals surface area contributed by atoms with Crippen LogP contribution in [-0.4, -0.2) is 19.6 Å². The van der Waals surface area contributed by atoms with E-state index in [1.807, 2.05) is 0 Å². The van der Waals surface area contributed by atoms with Crippen LogP contribution in [0.2, 0.25) is 0 Å². The molecule has 1 heterocycles. The third-order valence-corrected chi connectivity index (χ3v) is 3.58. The van der Waals surface area contributed by atoms with Gasteiger partial charge < -0.3 is 14.5 Å². The fraction of sp³-hybridized carbons (Fsp3) is 0.643. The van der Waals surface area contributed by atoms with Crippen molar-refractivity contribution < 1.29 is 13.9 Å². The number of carbonyl (C=O) groups is 1. The van der Waals surface area contributed by atoms with E-state index in [0.717, 1.165) is 18.2 Å². The highest BCUT2D eigenvalue weighted by Gasteiger charge is 2.14. The summed E-state index contributed by atoms with van der Waals surface area (Å²) in [6, 6.07) is 1.73. The molecule has 18 heavy (non-hydrogen) atoms. The molecule has 1 N–H and O–H groups in total. The van der Waals surface area contributed by atoms with Gasteiger partial charge in [-0.05, 0) is 24.9 Å². The molecule has 1 aromatic heterocycles. The summed E-state index contributed by atoms with van der Waals surface area (Å²) in [6.45, 7) is 1.68. The molecule has 1 aliphatic carbocycles. The van der Waals surface area contributed by atoms with E-state index in [1.54, 1.807) is 6.07 Å². The third-order valence-electron chi connectivity index (χ3n) is 3.58. The molecule has 0 bridgehead atoms. The SMILES string of the molecule is COC(=O)c1coc(CNCCC2CCCC2)c1. The number of rotatable bonds is 6. The van der Waals surface area contributed by atoms with Crippen LogP contribution < -0.4 is 5.32 Å². The van der Waals surface area contributed by atoms with E-state index in [2.05, 4.69) is 10.1 Å². The molecule has 100 valence electrons. The molecule has 4 heteroatoms. The molecule has 0 saturated heterocycles. The van der Waals surface area contributed by atoms with Crippen molar-refractivity contribution in [3.63, 3.8) is 0 Å². The Labute approximate surface area is 108 Å². The average molecular weight is 251 g/mol. The molecule has 0 aromatic carbocycles. The summed E-state index contributed by atoms with van der Waals surface area (Å²) in [7, 11) is 1.37. The highest BCUT2D eigenvalue weighted by atomic mass is 16.5. The van der Waals surface area contributed by atoms with Gasteiger partial charge >= 0.3 is 5.97 Å². The molecule has 0 amide bonds. The van der Waals surface area contributed by atoms with Crippen molar-refractivity contribution in [3.8, 4) is 0 Å². The molecule has 0 atom stereocenters. The van der Waals surface area contributed by atoms with E-state index in [9.17, 15) is 4.79 Å². The second-order valence-corrected chi connectivity index (χ2v) is 4.91. The van der Waals surface area contributed by atoms with Gasteiger partial charge in [0.05, 0.1) is 19.2 Å². The maximum absolute atomic E-state index is 11.2. The van der Waals surface area contributed by atoms with Crippen molar-refractivity contribution in [1.82, 2.24) is 5.32 Å². The zero-order valence-electron chi connectivity index (χ0n) is 10.9. The van der Waals surface area contributed by atoms with E-state index < -0.39 is 0 Å². The number of carbonyl (C=O) groups excluding carboxylic acids is 1. The molecule has 1 aliphatic rings.